The van der Waals surface area contributed by atoms with Gasteiger partial charge in [0.25, 0.3) is 0 Å². The largest absolute Gasteiger partial charge is 0.499 e. The summed E-state index contributed by atoms with van der Waals surface area (Å²) >= 11 is 6.29. The van der Waals surface area contributed by atoms with Crippen LogP contribution in [0.1, 0.15) is 38.9 Å². The molecule has 0 fully saturated rings. The monoisotopic (exact) mass is 266 g/mol. The van der Waals surface area contributed by atoms with Gasteiger partial charge in [-0.3, -0.25) is 0 Å². The molecule has 3 nitrogen and oxygen atoms in total. The van der Waals surface area contributed by atoms with E-state index < -0.39 is 0 Å². The van der Waals surface area contributed by atoms with Crippen LogP contribution in [0.15, 0.2) is 12.1 Å². The average molecular weight is 267 g/mol. The van der Waals surface area contributed by atoms with Crippen LogP contribution in [-0.2, 0) is 9.31 Å². The summed E-state index contributed by atoms with van der Waals surface area (Å²) < 4.78 is 17.8. The van der Waals surface area contributed by atoms with Crippen molar-refractivity contribution >= 4 is 24.2 Å². The second-order valence-corrected chi connectivity index (χ2v) is 5.81. The maximum Gasteiger partial charge on any atom is 0.499 e. The Labute approximate surface area is 113 Å². The van der Waals surface area contributed by atoms with Crippen molar-refractivity contribution in [3.05, 3.63) is 22.7 Å². The molecule has 0 amide bonds. The third-order valence-electron chi connectivity index (χ3n) is 3.41. The number of hydrogen-bond donors (Lipinski definition) is 0. The molecule has 0 bridgehead atoms. The van der Waals surface area contributed by atoms with Crippen LogP contribution < -0.4 is 10.2 Å². The Balaban J connectivity index is 2.13. The predicted molar refractivity (Wildman–Crippen MR) is 71.6 cm³/mol. The fourth-order valence-electron chi connectivity index (χ4n) is 2.53. The molecule has 0 aliphatic carbocycles. The zero-order chi connectivity index (χ0) is 12.9. The van der Waals surface area contributed by atoms with Crippen molar-refractivity contribution in [1.29, 1.82) is 0 Å². The SMILES string of the molecule is CC[C@H]1OB2OC(C)(C)COc3ccc(Cl)c1c32. The molecule has 2 aliphatic rings. The predicted octanol–water partition coefficient (Wildman–Crippen LogP) is 2.70. The van der Waals surface area contributed by atoms with Gasteiger partial charge in [0.05, 0.1) is 11.7 Å². The van der Waals surface area contributed by atoms with Crippen molar-refractivity contribution in [2.75, 3.05) is 6.61 Å². The standard InChI is InChI=1S/C13H16BClO3/c1-4-9-11-8(15)5-6-10-12(11)14(17-9)18-13(2,3)7-16-10/h5-6,9H,4,7H2,1-3H3/t9-/m1/s1. The van der Waals surface area contributed by atoms with Gasteiger partial charge in [-0.05, 0) is 32.4 Å². The molecule has 2 heterocycles. The van der Waals surface area contributed by atoms with E-state index in [1.165, 1.54) is 0 Å². The van der Waals surface area contributed by atoms with Crippen LogP contribution in [0.2, 0.25) is 5.02 Å². The highest BCUT2D eigenvalue weighted by Gasteiger charge is 2.45. The van der Waals surface area contributed by atoms with Crippen molar-refractivity contribution in [1.82, 2.24) is 0 Å². The highest BCUT2D eigenvalue weighted by molar-refractivity contribution is 6.65. The maximum atomic E-state index is 6.29. The fourth-order valence-corrected chi connectivity index (χ4v) is 2.82. The highest BCUT2D eigenvalue weighted by Crippen LogP contribution is 2.38. The molecule has 1 aromatic rings. The molecule has 0 saturated heterocycles. The lowest BCUT2D eigenvalue weighted by Gasteiger charge is -2.25. The molecular formula is C13H16BClO3. The zero-order valence-electron chi connectivity index (χ0n) is 10.8. The van der Waals surface area contributed by atoms with Crippen LogP contribution in [0.4, 0.5) is 0 Å². The molecule has 2 aliphatic heterocycles. The number of rotatable bonds is 1. The van der Waals surface area contributed by atoms with Gasteiger partial charge in [0, 0.05) is 16.0 Å². The minimum absolute atomic E-state index is 0.00468. The van der Waals surface area contributed by atoms with E-state index in [1.807, 2.05) is 26.0 Å². The topological polar surface area (TPSA) is 27.7 Å². The van der Waals surface area contributed by atoms with E-state index in [2.05, 4.69) is 6.92 Å². The van der Waals surface area contributed by atoms with Crippen LogP contribution in [0.25, 0.3) is 0 Å². The Kier molecular flexibility index (Phi) is 2.85. The zero-order valence-corrected chi connectivity index (χ0v) is 11.6. The van der Waals surface area contributed by atoms with Crippen molar-refractivity contribution in [2.24, 2.45) is 0 Å². The minimum Gasteiger partial charge on any atom is -0.491 e. The van der Waals surface area contributed by atoms with Gasteiger partial charge in [-0.2, -0.15) is 0 Å². The van der Waals surface area contributed by atoms with Crippen LogP contribution in [0.5, 0.6) is 5.75 Å². The summed E-state index contributed by atoms with van der Waals surface area (Å²) in [6, 6.07) is 3.78. The lowest BCUT2D eigenvalue weighted by Crippen LogP contribution is -2.40. The minimum atomic E-state index is -0.365. The summed E-state index contributed by atoms with van der Waals surface area (Å²) in [6.45, 7) is 6.60. The summed E-state index contributed by atoms with van der Waals surface area (Å²) in [6.07, 6.45) is 0.867. The summed E-state index contributed by atoms with van der Waals surface area (Å²) in [4.78, 5) is 0. The van der Waals surface area contributed by atoms with Gasteiger partial charge in [0.2, 0.25) is 0 Å². The van der Waals surface area contributed by atoms with E-state index in [0.29, 0.717) is 6.61 Å². The summed E-state index contributed by atoms with van der Waals surface area (Å²) in [5, 5.41) is 0.731. The summed E-state index contributed by atoms with van der Waals surface area (Å²) in [5.74, 6) is 0.834. The van der Waals surface area contributed by atoms with Gasteiger partial charge >= 0.3 is 7.12 Å². The molecule has 1 atom stereocenters. The lowest BCUT2D eigenvalue weighted by molar-refractivity contribution is 0.0268. The first-order valence-electron chi connectivity index (χ1n) is 6.30. The number of halogens is 1. The number of hydrogen-bond acceptors (Lipinski definition) is 3. The van der Waals surface area contributed by atoms with E-state index in [-0.39, 0.29) is 18.8 Å². The van der Waals surface area contributed by atoms with Gasteiger partial charge in [0.15, 0.2) is 0 Å². The van der Waals surface area contributed by atoms with Crippen LogP contribution >= 0.6 is 11.6 Å². The number of ether oxygens (including phenoxy) is 1. The first-order chi connectivity index (χ1) is 8.52. The molecule has 0 aromatic heterocycles. The van der Waals surface area contributed by atoms with Gasteiger partial charge in [-0.1, -0.05) is 18.5 Å². The van der Waals surface area contributed by atoms with Crippen molar-refractivity contribution in [3.63, 3.8) is 0 Å². The summed E-state index contributed by atoms with van der Waals surface area (Å²) in [7, 11) is -0.365. The van der Waals surface area contributed by atoms with Crippen LogP contribution in [0, 0.1) is 0 Å². The van der Waals surface area contributed by atoms with E-state index in [4.69, 9.17) is 25.6 Å². The second kappa shape index (κ2) is 4.15. The molecule has 5 heteroatoms. The van der Waals surface area contributed by atoms with E-state index in [9.17, 15) is 0 Å². The normalized spacial score (nSPS) is 24.4. The van der Waals surface area contributed by atoms with E-state index >= 15 is 0 Å². The molecule has 3 rings (SSSR count). The Morgan fingerprint density at radius 2 is 2.22 bits per heavy atom. The Hall–Kier alpha value is -0.705. The Morgan fingerprint density at radius 3 is 2.94 bits per heavy atom. The average Bonchev–Trinajstić information content (AvgIpc) is 2.61. The third-order valence-corrected chi connectivity index (χ3v) is 3.74. The van der Waals surface area contributed by atoms with E-state index in [1.54, 1.807) is 0 Å². The third kappa shape index (κ3) is 1.83. The first kappa shape index (κ1) is 12.3. The molecule has 0 radical (unpaired) electrons. The Bertz CT molecular complexity index is 489. The quantitative estimate of drug-likeness (QED) is 0.732. The molecule has 0 N–H and O–H groups in total. The lowest BCUT2D eigenvalue weighted by atomic mass is 9.77. The highest BCUT2D eigenvalue weighted by atomic mass is 35.5. The summed E-state index contributed by atoms with van der Waals surface area (Å²) in [5.41, 5.74) is 1.63. The van der Waals surface area contributed by atoms with Gasteiger partial charge in [-0.15, -0.1) is 0 Å². The molecule has 18 heavy (non-hydrogen) atoms. The first-order valence-corrected chi connectivity index (χ1v) is 6.68. The van der Waals surface area contributed by atoms with Crippen molar-refractivity contribution in [2.45, 2.75) is 38.9 Å². The van der Waals surface area contributed by atoms with Crippen molar-refractivity contribution < 1.29 is 14.0 Å². The van der Waals surface area contributed by atoms with Crippen LogP contribution in [-0.4, -0.2) is 19.3 Å². The molecule has 0 spiro atoms. The van der Waals surface area contributed by atoms with Crippen molar-refractivity contribution in [3.8, 4) is 5.75 Å². The maximum absolute atomic E-state index is 6.29. The molecule has 96 valence electrons. The number of benzene rings is 1. The Morgan fingerprint density at radius 1 is 1.44 bits per heavy atom. The van der Waals surface area contributed by atoms with Crippen LogP contribution in [0.3, 0.4) is 0 Å². The van der Waals surface area contributed by atoms with Gasteiger partial charge < -0.3 is 14.0 Å². The fraction of sp³-hybridized carbons (Fsp3) is 0.538. The van der Waals surface area contributed by atoms with Gasteiger partial charge in [-0.25, -0.2) is 0 Å². The smallest absolute Gasteiger partial charge is 0.491 e. The second-order valence-electron chi connectivity index (χ2n) is 5.40. The molecule has 0 unspecified atom stereocenters. The van der Waals surface area contributed by atoms with E-state index in [0.717, 1.165) is 28.2 Å². The van der Waals surface area contributed by atoms with Gasteiger partial charge in [0.1, 0.15) is 12.4 Å². The molecule has 0 saturated carbocycles. The molecule has 1 aromatic carbocycles. The molecular weight excluding hydrogens is 250 g/mol.